The summed E-state index contributed by atoms with van der Waals surface area (Å²) in [7, 11) is 0. The maximum absolute atomic E-state index is 12.4. The normalized spacial score (nSPS) is 11.7. The molecule has 0 bridgehead atoms. The number of carbonyl (C=O) groups is 2. The Kier molecular flexibility index (Phi) is 7.82. The van der Waals surface area contributed by atoms with E-state index in [2.05, 4.69) is 5.32 Å². The number of nitrogens with one attached hydrogen (secondary N) is 1. The van der Waals surface area contributed by atoms with Crippen LogP contribution in [0.3, 0.4) is 0 Å². The lowest BCUT2D eigenvalue weighted by molar-refractivity contribution is -0.682. The van der Waals surface area contributed by atoms with Crippen LogP contribution < -0.4 is 10.6 Å². The summed E-state index contributed by atoms with van der Waals surface area (Å²) in [5, 5.41) is 5.49. The average Bonchev–Trinajstić information content (AvgIpc) is 2.67. The minimum atomic E-state index is -0.124. The zero-order valence-electron chi connectivity index (χ0n) is 16.0. The lowest BCUT2D eigenvalue weighted by Crippen LogP contribution is -2.86. The molecule has 0 aliphatic heterocycles. The molecule has 0 fully saturated rings. The molecule has 0 aromatic heterocycles. The Balaban J connectivity index is 1.95. The zero-order valence-corrected chi connectivity index (χ0v) is 16.8. The summed E-state index contributed by atoms with van der Waals surface area (Å²) in [6.45, 7) is 7.48. The van der Waals surface area contributed by atoms with Crippen molar-refractivity contribution < 1.29 is 14.9 Å². The third kappa shape index (κ3) is 5.81. The van der Waals surface area contributed by atoms with E-state index < -0.39 is 0 Å². The van der Waals surface area contributed by atoms with Gasteiger partial charge < -0.3 is 15.5 Å². The number of quaternary nitrogens is 1. The maximum atomic E-state index is 12.4. The van der Waals surface area contributed by atoms with Crippen molar-refractivity contribution in [3.05, 3.63) is 64.7 Å². The molecule has 0 unspecified atom stereocenters. The molecule has 2 aromatic rings. The molecular weight excluding hydrogens is 362 g/mol. The number of anilines is 1. The van der Waals surface area contributed by atoms with Gasteiger partial charge in [-0.1, -0.05) is 35.9 Å². The zero-order chi connectivity index (χ0) is 19.8. The first-order valence-electron chi connectivity index (χ1n) is 9.23. The smallest absolute Gasteiger partial charge is 0.279 e. The number of benzene rings is 2. The van der Waals surface area contributed by atoms with Crippen molar-refractivity contribution in [3.8, 4) is 0 Å². The van der Waals surface area contributed by atoms with Crippen molar-refractivity contribution in [2.75, 3.05) is 25.0 Å². The van der Waals surface area contributed by atoms with Gasteiger partial charge in [0.2, 0.25) is 0 Å². The van der Waals surface area contributed by atoms with Gasteiger partial charge >= 0.3 is 0 Å². The van der Waals surface area contributed by atoms with E-state index in [9.17, 15) is 9.59 Å². The highest BCUT2D eigenvalue weighted by Gasteiger charge is 2.16. The molecule has 3 N–H and O–H groups in total. The summed E-state index contributed by atoms with van der Waals surface area (Å²) in [6, 6.07) is 14.7. The molecule has 2 amide bonds. The molecular formula is C21H27ClN3O2+. The fourth-order valence-corrected chi connectivity index (χ4v) is 3.20. The predicted octanol–water partition coefficient (Wildman–Crippen LogP) is 3.09. The van der Waals surface area contributed by atoms with Crippen molar-refractivity contribution in [2.24, 2.45) is 0 Å². The minimum absolute atomic E-state index is 0.0324. The molecule has 144 valence electrons. The predicted molar refractivity (Wildman–Crippen MR) is 109 cm³/mol. The first-order valence-corrected chi connectivity index (χ1v) is 9.61. The molecule has 2 rings (SSSR count). The molecule has 0 saturated carbocycles. The van der Waals surface area contributed by atoms with E-state index in [0.29, 0.717) is 29.4 Å². The topological polar surface area (TPSA) is 66.0 Å². The van der Waals surface area contributed by atoms with Crippen LogP contribution >= 0.6 is 11.6 Å². The van der Waals surface area contributed by atoms with E-state index >= 15 is 0 Å². The van der Waals surface area contributed by atoms with Gasteiger partial charge in [-0.2, -0.15) is 0 Å². The fourth-order valence-electron chi connectivity index (χ4n) is 2.89. The number of hydrogen-bond donors (Lipinski definition) is 2. The third-order valence-electron chi connectivity index (χ3n) is 4.50. The summed E-state index contributed by atoms with van der Waals surface area (Å²) < 4.78 is 0. The van der Waals surface area contributed by atoms with Crippen LogP contribution in [0.2, 0.25) is 5.02 Å². The minimum Gasteiger partial charge on any atom is -0.339 e. The number of amides is 2. The van der Waals surface area contributed by atoms with E-state index in [0.717, 1.165) is 5.56 Å². The van der Waals surface area contributed by atoms with Crippen LogP contribution in [0.4, 0.5) is 5.69 Å². The third-order valence-corrected chi connectivity index (χ3v) is 4.84. The van der Waals surface area contributed by atoms with Crippen LogP contribution in [0, 0.1) is 0 Å². The van der Waals surface area contributed by atoms with Gasteiger partial charge in [-0.05, 0) is 45.0 Å². The SMILES string of the molecule is CCN(CC)C(=O)c1cccc(NC(=O)C[NH2+][C@H](C)c2ccccc2Cl)c1. The highest BCUT2D eigenvalue weighted by Crippen LogP contribution is 2.19. The monoisotopic (exact) mass is 388 g/mol. The second-order valence-corrected chi connectivity index (χ2v) is 6.76. The van der Waals surface area contributed by atoms with Crippen molar-refractivity contribution in [2.45, 2.75) is 26.8 Å². The molecule has 27 heavy (non-hydrogen) atoms. The van der Waals surface area contributed by atoms with Crippen molar-refractivity contribution in [3.63, 3.8) is 0 Å². The number of hydrogen-bond acceptors (Lipinski definition) is 2. The van der Waals surface area contributed by atoms with Crippen LogP contribution in [0.15, 0.2) is 48.5 Å². The van der Waals surface area contributed by atoms with E-state index in [1.54, 1.807) is 29.2 Å². The van der Waals surface area contributed by atoms with Crippen molar-refractivity contribution in [1.29, 1.82) is 0 Å². The second-order valence-electron chi connectivity index (χ2n) is 6.36. The number of carbonyl (C=O) groups excluding carboxylic acids is 2. The van der Waals surface area contributed by atoms with Crippen LogP contribution in [-0.2, 0) is 4.79 Å². The van der Waals surface area contributed by atoms with Gasteiger partial charge in [0.15, 0.2) is 6.54 Å². The molecule has 1 atom stereocenters. The summed E-state index contributed by atoms with van der Waals surface area (Å²) in [6.07, 6.45) is 0. The van der Waals surface area contributed by atoms with E-state index in [1.807, 2.05) is 50.4 Å². The molecule has 0 saturated heterocycles. The summed E-state index contributed by atoms with van der Waals surface area (Å²) in [4.78, 5) is 26.5. The fraction of sp³-hybridized carbons (Fsp3) is 0.333. The Morgan fingerprint density at radius 2 is 1.81 bits per heavy atom. The lowest BCUT2D eigenvalue weighted by atomic mass is 10.1. The summed E-state index contributed by atoms with van der Waals surface area (Å²) in [5.74, 6) is -0.156. The van der Waals surface area contributed by atoms with E-state index in [4.69, 9.17) is 11.6 Å². The first-order chi connectivity index (χ1) is 13.0. The largest absolute Gasteiger partial charge is 0.339 e. The first kappa shape index (κ1) is 20.9. The summed E-state index contributed by atoms with van der Waals surface area (Å²) >= 11 is 6.20. The Morgan fingerprint density at radius 3 is 2.48 bits per heavy atom. The second kappa shape index (κ2) is 10.1. The van der Waals surface area contributed by atoms with Crippen LogP contribution in [-0.4, -0.2) is 36.3 Å². The number of nitrogens with zero attached hydrogens (tertiary/aromatic N) is 1. The Morgan fingerprint density at radius 1 is 1.11 bits per heavy atom. The quantitative estimate of drug-likeness (QED) is 0.729. The summed E-state index contributed by atoms with van der Waals surface area (Å²) in [5.41, 5.74) is 2.19. The van der Waals surface area contributed by atoms with Gasteiger partial charge in [-0.25, -0.2) is 0 Å². The van der Waals surface area contributed by atoms with Gasteiger partial charge in [0, 0.05) is 34.9 Å². The van der Waals surface area contributed by atoms with Crippen LogP contribution in [0.5, 0.6) is 0 Å². The Labute approximate surface area is 165 Å². The molecule has 2 aromatic carbocycles. The number of nitrogens with two attached hydrogens (primary N) is 1. The van der Waals surface area contributed by atoms with Crippen LogP contribution in [0.1, 0.15) is 42.7 Å². The Hall–Kier alpha value is -2.37. The van der Waals surface area contributed by atoms with Gasteiger partial charge in [-0.3, -0.25) is 9.59 Å². The molecule has 0 spiro atoms. The standard InChI is InChI=1S/C21H26ClN3O2/c1-4-25(5-2)21(27)16-9-8-10-17(13-16)24-20(26)14-23-15(3)18-11-6-7-12-19(18)22/h6-13,15,23H,4-5,14H2,1-3H3,(H,24,26)/p+1/t15-/m1/s1. The Bertz CT molecular complexity index is 791. The number of halogens is 1. The van der Waals surface area contributed by atoms with Crippen LogP contribution in [0.25, 0.3) is 0 Å². The van der Waals surface area contributed by atoms with Crippen molar-refractivity contribution >= 4 is 29.1 Å². The molecule has 0 aliphatic carbocycles. The van der Waals surface area contributed by atoms with E-state index in [1.165, 1.54) is 0 Å². The lowest BCUT2D eigenvalue weighted by Gasteiger charge is -2.19. The molecule has 5 nitrogen and oxygen atoms in total. The highest BCUT2D eigenvalue weighted by atomic mass is 35.5. The maximum Gasteiger partial charge on any atom is 0.279 e. The average molecular weight is 389 g/mol. The molecule has 0 radical (unpaired) electrons. The van der Waals surface area contributed by atoms with Gasteiger partial charge in [0.05, 0.1) is 0 Å². The van der Waals surface area contributed by atoms with Gasteiger partial charge in [-0.15, -0.1) is 0 Å². The number of rotatable bonds is 8. The molecule has 0 aliphatic rings. The molecule has 0 heterocycles. The van der Waals surface area contributed by atoms with E-state index in [-0.39, 0.29) is 24.4 Å². The molecule has 6 heteroatoms. The van der Waals surface area contributed by atoms with Gasteiger partial charge in [0.25, 0.3) is 11.8 Å². The van der Waals surface area contributed by atoms with Gasteiger partial charge in [0.1, 0.15) is 6.04 Å². The highest BCUT2D eigenvalue weighted by molar-refractivity contribution is 6.31. The van der Waals surface area contributed by atoms with Crippen molar-refractivity contribution in [1.82, 2.24) is 4.90 Å².